The van der Waals surface area contributed by atoms with Crippen LogP contribution in [0.2, 0.25) is 0 Å². The van der Waals surface area contributed by atoms with E-state index < -0.39 is 0 Å². The van der Waals surface area contributed by atoms with Gasteiger partial charge in [-0.1, -0.05) is 12.1 Å². The maximum atomic E-state index is 13.2. The highest BCUT2D eigenvalue weighted by molar-refractivity contribution is 5.18. The van der Waals surface area contributed by atoms with Gasteiger partial charge in [0.2, 0.25) is 0 Å². The van der Waals surface area contributed by atoms with Crippen molar-refractivity contribution in [2.45, 2.75) is 19.3 Å². The van der Waals surface area contributed by atoms with E-state index >= 15 is 0 Å². The third-order valence-corrected chi connectivity index (χ3v) is 3.66. The van der Waals surface area contributed by atoms with Crippen molar-refractivity contribution in [3.63, 3.8) is 0 Å². The first-order chi connectivity index (χ1) is 8.13. The first-order valence-corrected chi connectivity index (χ1v) is 6.17. The minimum atomic E-state index is -0.195. The normalized spacial score (nSPS) is 26.1. The summed E-state index contributed by atoms with van der Waals surface area (Å²) in [5.41, 5.74) is 0.884. The van der Waals surface area contributed by atoms with Crippen molar-refractivity contribution in [3.05, 3.63) is 35.6 Å². The van der Waals surface area contributed by atoms with Crippen LogP contribution in [0, 0.1) is 11.2 Å². The van der Waals surface area contributed by atoms with Crippen molar-refractivity contribution < 1.29 is 9.50 Å². The number of rotatable bonds is 3. The number of nitrogens with zero attached hydrogens (tertiary/aromatic N) is 1. The SMILES string of the molecule is CN1CCCC(CO)(Cc2cccc(F)c2)C1. The van der Waals surface area contributed by atoms with Crippen LogP contribution in [0.5, 0.6) is 0 Å². The van der Waals surface area contributed by atoms with Gasteiger partial charge in [0.1, 0.15) is 5.82 Å². The quantitative estimate of drug-likeness (QED) is 0.870. The summed E-state index contributed by atoms with van der Waals surface area (Å²) in [6, 6.07) is 6.71. The molecule has 94 valence electrons. The molecule has 1 aromatic rings. The van der Waals surface area contributed by atoms with Crippen LogP contribution in [0.15, 0.2) is 24.3 Å². The Kier molecular flexibility index (Phi) is 3.79. The standard InChI is InChI=1S/C14H20FNO/c1-16-7-3-6-14(10-16,11-17)9-12-4-2-5-13(15)8-12/h2,4-5,8,17H,3,6-7,9-11H2,1H3. The maximum Gasteiger partial charge on any atom is 0.123 e. The summed E-state index contributed by atoms with van der Waals surface area (Å²) in [4.78, 5) is 2.25. The first-order valence-electron chi connectivity index (χ1n) is 6.17. The van der Waals surface area contributed by atoms with E-state index in [1.54, 1.807) is 12.1 Å². The fraction of sp³-hybridized carbons (Fsp3) is 0.571. The first kappa shape index (κ1) is 12.5. The highest BCUT2D eigenvalue weighted by Crippen LogP contribution is 2.32. The number of halogens is 1. The van der Waals surface area contributed by atoms with E-state index in [2.05, 4.69) is 11.9 Å². The summed E-state index contributed by atoms with van der Waals surface area (Å²) in [6.45, 7) is 2.15. The summed E-state index contributed by atoms with van der Waals surface area (Å²) in [5.74, 6) is -0.195. The zero-order chi connectivity index (χ0) is 12.3. The molecule has 2 rings (SSSR count). The lowest BCUT2D eigenvalue weighted by Crippen LogP contribution is -2.44. The number of aliphatic hydroxyl groups excluding tert-OH is 1. The van der Waals surface area contributed by atoms with Crippen molar-refractivity contribution in [3.8, 4) is 0 Å². The minimum Gasteiger partial charge on any atom is -0.396 e. The molecule has 1 aliphatic heterocycles. The van der Waals surface area contributed by atoms with E-state index in [1.165, 1.54) is 6.07 Å². The van der Waals surface area contributed by atoms with Gasteiger partial charge in [-0.25, -0.2) is 4.39 Å². The molecule has 1 aliphatic rings. The van der Waals surface area contributed by atoms with Crippen LogP contribution in [-0.2, 0) is 6.42 Å². The molecule has 1 atom stereocenters. The van der Waals surface area contributed by atoms with Crippen LogP contribution in [0.3, 0.4) is 0 Å². The van der Waals surface area contributed by atoms with Crippen molar-refractivity contribution in [1.82, 2.24) is 4.90 Å². The van der Waals surface area contributed by atoms with E-state index in [1.807, 2.05) is 6.07 Å². The molecule has 0 aromatic heterocycles. The van der Waals surface area contributed by atoms with Gasteiger partial charge in [0.15, 0.2) is 0 Å². The van der Waals surface area contributed by atoms with Crippen molar-refractivity contribution in [2.24, 2.45) is 5.41 Å². The molecule has 1 N–H and O–H groups in total. The Morgan fingerprint density at radius 3 is 2.94 bits per heavy atom. The van der Waals surface area contributed by atoms with E-state index in [0.717, 1.165) is 37.9 Å². The number of piperidine rings is 1. The van der Waals surface area contributed by atoms with E-state index in [0.29, 0.717) is 0 Å². The van der Waals surface area contributed by atoms with Crippen molar-refractivity contribution in [2.75, 3.05) is 26.7 Å². The summed E-state index contributed by atoms with van der Waals surface area (Å²) in [6.07, 6.45) is 2.88. The monoisotopic (exact) mass is 237 g/mol. The second-order valence-corrected chi connectivity index (χ2v) is 5.31. The second kappa shape index (κ2) is 5.15. The summed E-state index contributed by atoms with van der Waals surface area (Å²) in [7, 11) is 2.08. The molecule has 1 saturated heterocycles. The molecule has 0 saturated carbocycles. The minimum absolute atomic E-state index is 0.0964. The third kappa shape index (κ3) is 3.05. The number of hydrogen-bond donors (Lipinski definition) is 1. The Balaban J connectivity index is 2.13. The van der Waals surface area contributed by atoms with E-state index in [4.69, 9.17) is 0 Å². The largest absolute Gasteiger partial charge is 0.396 e. The zero-order valence-corrected chi connectivity index (χ0v) is 10.3. The lowest BCUT2D eigenvalue weighted by molar-refractivity contribution is 0.0438. The van der Waals surface area contributed by atoms with Crippen LogP contribution in [0.25, 0.3) is 0 Å². The molecule has 3 heteroatoms. The Morgan fingerprint density at radius 2 is 2.29 bits per heavy atom. The molecular formula is C14H20FNO. The third-order valence-electron chi connectivity index (χ3n) is 3.66. The maximum absolute atomic E-state index is 13.2. The molecule has 1 unspecified atom stereocenters. The summed E-state index contributed by atoms with van der Waals surface area (Å²) in [5, 5.41) is 9.67. The van der Waals surface area contributed by atoms with Gasteiger partial charge in [0.05, 0.1) is 6.61 Å². The second-order valence-electron chi connectivity index (χ2n) is 5.31. The van der Waals surface area contributed by atoms with Crippen LogP contribution in [0.1, 0.15) is 18.4 Å². The average molecular weight is 237 g/mol. The van der Waals surface area contributed by atoms with Gasteiger partial charge in [-0.05, 0) is 50.6 Å². The molecule has 1 fully saturated rings. The molecular weight excluding hydrogens is 217 g/mol. The van der Waals surface area contributed by atoms with Crippen LogP contribution in [-0.4, -0.2) is 36.8 Å². The van der Waals surface area contributed by atoms with Gasteiger partial charge in [0, 0.05) is 12.0 Å². The number of hydrogen-bond acceptors (Lipinski definition) is 2. The number of likely N-dealkylation sites (tertiary alicyclic amines) is 1. The van der Waals surface area contributed by atoms with Gasteiger partial charge < -0.3 is 10.0 Å². The fourth-order valence-electron chi connectivity index (χ4n) is 2.86. The van der Waals surface area contributed by atoms with Gasteiger partial charge in [0.25, 0.3) is 0 Å². The molecule has 0 aliphatic carbocycles. The van der Waals surface area contributed by atoms with E-state index in [9.17, 15) is 9.50 Å². The predicted molar refractivity (Wildman–Crippen MR) is 66.4 cm³/mol. The van der Waals surface area contributed by atoms with Crippen LogP contribution in [0.4, 0.5) is 4.39 Å². The molecule has 2 nitrogen and oxygen atoms in total. The highest BCUT2D eigenvalue weighted by atomic mass is 19.1. The lowest BCUT2D eigenvalue weighted by Gasteiger charge is -2.40. The number of aliphatic hydroxyl groups is 1. The summed E-state index contributed by atoms with van der Waals surface area (Å²) < 4.78 is 13.2. The average Bonchev–Trinajstić information content (AvgIpc) is 2.29. The Morgan fingerprint density at radius 1 is 1.47 bits per heavy atom. The number of benzene rings is 1. The Bertz CT molecular complexity index is 382. The summed E-state index contributed by atoms with van der Waals surface area (Å²) >= 11 is 0. The predicted octanol–water partition coefficient (Wildman–Crippen LogP) is 2.07. The highest BCUT2D eigenvalue weighted by Gasteiger charge is 2.33. The van der Waals surface area contributed by atoms with E-state index in [-0.39, 0.29) is 17.8 Å². The van der Waals surface area contributed by atoms with Crippen molar-refractivity contribution >= 4 is 0 Å². The smallest absolute Gasteiger partial charge is 0.123 e. The molecule has 1 aromatic carbocycles. The topological polar surface area (TPSA) is 23.5 Å². The molecule has 0 spiro atoms. The molecule has 1 heterocycles. The van der Waals surface area contributed by atoms with Gasteiger partial charge in [-0.2, -0.15) is 0 Å². The van der Waals surface area contributed by atoms with Gasteiger partial charge in [-0.3, -0.25) is 0 Å². The molecule has 0 bridgehead atoms. The Hall–Kier alpha value is -0.930. The van der Waals surface area contributed by atoms with Crippen molar-refractivity contribution in [1.29, 1.82) is 0 Å². The molecule has 17 heavy (non-hydrogen) atoms. The molecule has 0 amide bonds. The van der Waals surface area contributed by atoms with Crippen LogP contribution >= 0.6 is 0 Å². The molecule has 0 radical (unpaired) electrons. The Labute approximate surface area is 102 Å². The van der Waals surface area contributed by atoms with Crippen LogP contribution < -0.4 is 0 Å². The van der Waals surface area contributed by atoms with Gasteiger partial charge in [-0.15, -0.1) is 0 Å². The zero-order valence-electron chi connectivity index (χ0n) is 10.3. The lowest BCUT2D eigenvalue weighted by atomic mass is 9.76. The van der Waals surface area contributed by atoms with Gasteiger partial charge >= 0.3 is 0 Å². The fourth-order valence-corrected chi connectivity index (χ4v) is 2.86.